The fraction of sp³-hybridized carbons (Fsp3) is 0.786. The number of rotatable bonds is 6. The minimum atomic E-state index is 0.201. The highest BCUT2D eigenvalue weighted by molar-refractivity contribution is 6.31. The highest BCUT2D eigenvalue weighted by Crippen LogP contribution is 2.32. The smallest absolute Gasteiger partial charge is 0.0834 e. The van der Waals surface area contributed by atoms with Crippen molar-refractivity contribution >= 4 is 11.6 Å². The molecule has 1 fully saturated rings. The van der Waals surface area contributed by atoms with Gasteiger partial charge in [-0.25, -0.2) is 0 Å². The van der Waals surface area contributed by atoms with Crippen molar-refractivity contribution in [3.8, 4) is 0 Å². The third-order valence-electron chi connectivity index (χ3n) is 3.86. The van der Waals surface area contributed by atoms with Crippen LogP contribution in [0.25, 0.3) is 0 Å². The van der Waals surface area contributed by atoms with Crippen molar-refractivity contribution in [2.24, 2.45) is 5.92 Å². The van der Waals surface area contributed by atoms with Crippen molar-refractivity contribution in [2.45, 2.75) is 25.4 Å². The van der Waals surface area contributed by atoms with E-state index < -0.39 is 0 Å². The summed E-state index contributed by atoms with van der Waals surface area (Å²) in [5.74, 6) is 0.459. The van der Waals surface area contributed by atoms with E-state index in [0.717, 1.165) is 43.4 Å². The number of aromatic nitrogens is 2. The number of hydrogen-bond donors (Lipinski definition) is 1. The lowest BCUT2D eigenvalue weighted by atomic mass is 9.91. The van der Waals surface area contributed by atoms with Crippen molar-refractivity contribution in [3.05, 3.63) is 16.9 Å². The highest BCUT2D eigenvalue weighted by Gasteiger charge is 2.29. The van der Waals surface area contributed by atoms with Crippen molar-refractivity contribution in [1.29, 1.82) is 0 Å². The molecule has 1 saturated heterocycles. The van der Waals surface area contributed by atoms with Crippen LogP contribution in [0.4, 0.5) is 0 Å². The zero-order valence-electron chi connectivity index (χ0n) is 12.6. The summed E-state index contributed by atoms with van der Waals surface area (Å²) in [5.41, 5.74) is 1.09. The number of hydrogen-bond acceptors (Lipinski definition) is 4. The van der Waals surface area contributed by atoms with Crippen LogP contribution < -0.4 is 5.32 Å². The zero-order chi connectivity index (χ0) is 14.5. The lowest BCUT2D eigenvalue weighted by Crippen LogP contribution is -2.34. The van der Waals surface area contributed by atoms with Crippen LogP contribution in [0.2, 0.25) is 5.02 Å². The van der Waals surface area contributed by atoms with Crippen LogP contribution in [0.5, 0.6) is 0 Å². The van der Waals surface area contributed by atoms with Crippen molar-refractivity contribution in [2.75, 3.05) is 40.9 Å². The molecule has 20 heavy (non-hydrogen) atoms. The Morgan fingerprint density at radius 2 is 2.40 bits per heavy atom. The zero-order valence-corrected chi connectivity index (χ0v) is 13.4. The summed E-state index contributed by atoms with van der Waals surface area (Å²) in [5, 5.41) is 8.58. The molecular formula is C14H25ClN4O. The first-order valence-electron chi connectivity index (χ1n) is 7.24. The largest absolute Gasteiger partial charge is 0.381 e. The van der Waals surface area contributed by atoms with E-state index >= 15 is 0 Å². The molecular weight excluding hydrogens is 276 g/mol. The molecule has 5 nitrogen and oxygen atoms in total. The minimum Gasteiger partial charge on any atom is -0.381 e. The van der Waals surface area contributed by atoms with Crippen LogP contribution in [-0.2, 0) is 11.3 Å². The maximum Gasteiger partial charge on any atom is 0.0834 e. The Morgan fingerprint density at radius 1 is 1.60 bits per heavy atom. The molecule has 1 aromatic rings. The lowest BCUT2D eigenvalue weighted by molar-refractivity contribution is 0.0388. The SMILES string of the molecule is CNC(c1c(Cl)cnn1CCN(C)C)C1CCCOC1. The van der Waals surface area contributed by atoms with E-state index in [1.54, 1.807) is 6.20 Å². The minimum absolute atomic E-state index is 0.201. The Morgan fingerprint density at radius 3 is 3.00 bits per heavy atom. The maximum absolute atomic E-state index is 6.38. The second-order valence-electron chi connectivity index (χ2n) is 5.65. The average Bonchev–Trinajstić information content (AvgIpc) is 2.80. The van der Waals surface area contributed by atoms with E-state index in [4.69, 9.17) is 16.3 Å². The van der Waals surface area contributed by atoms with Gasteiger partial charge in [0.1, 0.15) is 0 Å². The summed E-state index contributed by atoms with van der Waals surface area (Å²) >= 11 is 6.38. The van der Waals surface area contributed by atoms with Crippen LogP contribution >= 0.6 is 11.6 Å². The average molecular weight is 301 g/mol. The Bertz CT molecular complexity index is 415. The number of nitrogens with zero attached hydrogens (tertiary/aromatic N) is 3. The van der Waals surface area contributed by atoms with Gasteiger partial charge in [0.2, 0.25) is 0 Å². The summed E-state index contributed by atoms with van der Waals surface area (Å²) in [6.07, 6.45) is 4.04. The van der Waals surface area contributed by atoms with E-state index in [1.807, 2.05) is 11.7 Å². The van der Waals surface area contributed by atoms with Gasteiger partial charge in [0.05, 0.1) is 36.1 Å². The topological polar surface area (TPSA) is 42.3 Å². The first-order chi connectivity index (χ1) is 9.63. The molecule has 1 N–H and O–H groups in total. The molecule has 0 bridgehead atoms. The number of nitrogens with one attached hydrogen (secondary N) is 1. The molecule has 1 aliphatic rings. The predicted molar refractivity (Wildman–Crippen MR) is 81.1 cm³/mol. The van der Waals surface area contributed by atoms with Gasteiger partial charge in [0.25, 0.3) is 0 Å². The van der Waals surface area contributed by atoms with Gasteiger partial charge >= 0.3 is 0 Å². The van der Waals surface area contributed by atoms with Gasteiger partial charge in [-0.3, -0.25) is 4.68 Å². The van der Waals surface area contributed by atoms with Crippen molar-refractivity contribution in [3.63, 3.8) is 0 Å². The quantitative estimate of drug-likeness (QED) is 0.870. The van der Waals surface area contributed by atoms with Gasteiger partial charge in [-0.2, -0.15) is 5.10 Å². The normalized spacial score (nSPS) is 21.4. The van der Waals surface area contributed by atoms with Crippen LogP contribution in [-0.4, -0.2) is 55.6 Å². The van der Waals surface area contributed by atoms with Crippen LogP contribution in [0, 0.1) is 5.92 Å². The molecule has 1 aliphatic heterocycles. The third-order valence-corrected chi connectivity index (χ3v) is 4.16. The Balaban J connectivity index is 2.17. The second kappa shape index (κ2) is 7.41. The van der Waals surface area contributed by atoms with Gasteiger partial charge in [0, 0.05) is 19.1 Å². The first-order valence-corrected chi connectivity index (χ1v) is 7.62. The maximum atomic E-state index is 6.38. The first kappa shape index (κ1) is 15.8. The lowest BCUT2D eigenvalue weighted by Gasteiger charge is -2.30. The van der Waals surface area contributed by atoms with Crippen LogP contribution in [0.15, 0.2) is 6.20 Å². The highest BCUT2D eigenvalue weighted by atomic mass is 35.5. The van der Waals surface area contributed by atoms with Gasteiger partial charge in [0.15, 0.2) is 0 Å². The van der Waals surface area contributed by atoms with E-state index in [2.05, 4.69) is 29.4 Å². The van der Waals surface area contributed by atoms with Crippen molar-refractivity contribution < 1.29 is 4.74 Å². The van der Waals surface area contributed by atoms with E-state index in [-0.39, 0.29) is 6.04 Å². The second-order valence-corrected chi connectivity index (χ2v) is 6.05. The Labute approximate surface area is 126 Å². The molecule has 0 spiro atoms. The Hall–Kier alpha value is -0.620. The standard InChI is InChI=1S/C14H25ClN4O/c1-16-13(11-5-4-8-20-10-11)14-12(15)9-17-19(14)7-6-18(2)3/h9,11,13,16H,4-8,10H2,1-3H3. The molecule has 2 atom stereocenters. The molecule has 0 saturated carbocycles. The van der Waals surface area contributed by atoms with E-state index in [0.29, 0.717) is 5.92 Å². The van der Waals surface area contributed by atoms with Gasteiger partial charge < -0.3 is 15.0 Å². The molecule has 1 aromatic heterocycles. The van der Waals surface area contributed by atoms with Gasteiger partial charge in [-0.15, -0.1) is 0 Å². The number of likely N-dealkylation sites (N-methyl/N-ethyl adjacent to an activating group) is 1. The predicted octanol–water partition coefficient (Wildman–Crippen LogP) is 1.79. The third kappa shape index (κ3) is 3.73. The summed E-state index contributed by atoms with van der Waals surface area (Å²) in [6, 6.07) is 0.201. The number of halogens is 1. The van der Waals surface area contributed by atoms with Crippen LogP contribution in [0.3, 0.4) is 0 Å². The monoisotopic (exact) mass is 300 g/mol. The van der Waals surface area contributed by atoms with Gasteiger partial charge in [-0.05, 0) is 34.0 Å². The Kier molecular flexibility index (Phi) is 5.84. The fourth-order valence-corrected chi connectivity index (χ4v) is 3.04. The summed E-state index contributed by atoms with van der Waals surface area (Å²) in [6.45, 7) is 3.46. The molecule has 114 valence electrons. The summed E-state index contributed by atoms with van der Waals surface area (Å²) in [7, 11) is 6.11. The molecule has 0 aromatic carbocycles. The molecule has 0 amide bonds. The molecule has 2 unspecified atom stereocenters. The van der Waals surface area contributed by atoms with Gasteiger partial charge in [-0.1, -0.05) is 11.6 Å². The van der Waals surface area contributed by atoms with E-state index in [9.17, 15) is 0 Å². The molecule has 2 heterocycles. The fourth-order valence-electron chi connectivity index (χ4n) is 2.78. The molecule has 0 aliphatic carbocycles. The molecule has 0 radical (unpaired) electrons. The van der Waals surface area contributed by atoms with Crippen LogP contribution in [0.1, 0.15) is 24.6 Å². The van der Waals surface area contributed by atoms with Crippen molar-refractivity contribution in [1.82, 2.24) is 20.0 Å². The summed E-state index contributed by atoms with van der Waals surface area (Å²) < 4.78 is 7.65. The summed E-state index contributed by atoms with van der Waals surface area (Å²) in [4.78, 5) is 2.15. The number of ether oxygens (including phenoxy) is 1. The van der Waals surface area contributed by atoms with E-state index in [1.165, 1.54) is 6.42 Å². The molecule has 2 rings (SSSR count). The molecule has 6 heteroatoms.